The van der Waals surface area contributed by atoms with E-state index in [-0.39, 0.29) is 18.3 Å². The summed E-state index contributed by atoms with van der Waals surface area (Å²) in [4.78, 5) is 22.8. The second kappa shape index (κ2) is 6.84. The highest BCUT2D eigenvalue weighted by atomic mass is 16.6. The first kappa shape index (κ1) is 15.1. The summed E-state index contributed by atoms with van der Waals surface area (Å²) in [6.45, 7) is 4.40. The molecule has 0 bridgehead atoms. The molecule has 0 saturated carbocycles. The van der Waals surface area contributed by atoms with E-state index in [1.165, 1.54) is 12.1 Å². The standard InChI is InChI=1S/C13H18N2O4/c1-3-10(2)14(9-13(16)17)8-11-4-6-12(7-5-11)15(18)19/h4-7,10H,3,8-9H2,1-2H3,(H,16,17). The van der Waals surface area contributed by atoms with Crippen molar-refractivity contribution >= 4 is 11.7 Å². The van der Waals surface area contributed by atoms with Crippen molar-refractivity contribution in [3.63, 3.8) is 0 Å². The average Bonchev–Trinajstić information content (AvgIpc) is 2.37. The van der Waals surface area contributed by atoms with Crippen LogP contribution in [0.25, 0.3) is 0 Å². The van der Waals surface area contributed by atoms with E-state index in [0.29, 0.717) is 6.54 Å². The summed E-state index contributed by atoms with van der Waals surface area (Å²) in [5, 5.41) is 19.4. The van der Waals surface area contributed by atoms with Crippen molar-refractivity contribution in [3.8, 4) is 0 Å². The predicted molar refractivity (Wildman–Crippen MR) is 70.9 cm³/mol. The lowest BCUT2D eigenvalue weighted by Crippen LogP contribution is -2.36. The maximum absolute atomic E-state index is 10.8. The number of benzene rings is 1. The topological polar surface area (TPSA) is 83.7 Å². The van der Waals surface area contributed by atoms with Crippen LogP contribution in [0, 0.1) is 10.1 Å². The number of nitrogens with zero attached hydrogens (tertiary/aromatic N) is 2. The van der Waals surface area contributed by atoms with Crippen molar-refractivity contribution in [1.29, 1.82) is 0 Å². The van der Waals surface area contributed by atoms with Crippen LogP contribution < -0.4 is 0 Å². The number of rotatable bonds is 7. The number of aliphatic carboxylic acids is 1. The molecule has 0 spiro atoms. The second-order valence-corrected chi connectivity index (χ2v) is 4.48. The van der Waals surface area contributed by atoms with Gasteiger partial charge in [0.05, 0.1) is 11.5 Å². The minimum atomic E-state index is -0.873. The van der Waals surface area contributed by atoms with E-state index in [2.05, 4.69) is 0 Å². The Labute approximate surface area is 111 Å². The fourth-order valence-corrected chi connectivity index (χ4v) is 1.76. The SMILES string of the molecule is CCC(C)N(CC(=O)O)Cc1ccc([N+](=O)[O-])cc1. The molecular weight excluding hydrogens is 248 g/mol. The Kier molecular flexibility index (Phi) is 5.44. The van der Waals surface area contributed by atoms with Gasteiger partial charge in [0, 0.05) is 24.7 Å². The van der Waals surface area contributed by atoms with Crippen molar-refractivity contribution in [2.75, 3.05) is 6.54 Å². The van der Waals surface area contributed by atoms with Crippen molar-refractivity contribution in [2.45, 2.75) is 32.9 Å². The summed E-state index contributed by atoms with van der Waals surface area (Å²) in [5.41, 5.74) is 0.907. The Morgan fingerprint density at radius 1 is 1.42 bits per heavy atom. The zero-order chi connectivity index (χ0) is 14.4. The van der Waals surface area contributed by atoms with Crippen molar-refractivity contribution < 1.29 is 14.8 Å². The number of nitro benzene ring substituents is 1. The van der Waals surface area contributed by atoms with Gasteiger partial charge in [0.1, 0.15) is 0 Å². The quantitative estimate of drug-likeness (QED) is 0.604. The van der Waals surface area contributed by atoms with E-state index < -0.39 is 10.9 Å². The lowest BCUT2D eigenvalue weighted by Gasteiger charge is -2.26. The first-order valence-corrected chi connectivity index (χ1v) is 6.13. The molecule has 0 aromatic heterocycles. The third kappa shape index (κ3) is 4.67. The number of hydrogen-bond acceptors (Lipinski definition) is 4. The van der Waals surface area contributed by atoms with Crippen molar-refractivity contribution in [1.82, 2.24) is 4.90 Å². The molecular formula is C13H18N2O4. The van der Waals surface area contributed by atoms with Gasteiger partial charge in [-0.2, -0.15) is 0 Å². The molecule has 1 atom stereocenters. The number of carboxylic acids is 1. The molecule has 0 fully saturated rings. The van der Waals surface area contributed by atoms with E-state index >= 15 is 0 Å². The van der Waals surface area contributed by atoms with Crippen LogP contribution >= 0.6 is 0 Å². The molecule has 6 nitrogen and oxygen atoms in total. The van der Waals surface area contributed by atoms with Crippen molar-refractivity contribution in [3.05, 3.63) is 39.9 Å². The van der Waals surface area contributed by atoms with Crippen LogP contribution in [0.5, 0.6) is 0 Å². The monoisotopic (exact) mass is 266 g/mol. The Bertz CT molecular complexity index is 444. The molecule has 0 radical (unpaired) electrons. The largest absolute Gasteiger partial charge is 0.480 e. The summed E-state index contributed by atoms with van der Waals surface area (Å²) in [6, 6.07) is 6.34. The Morgan fingerprint density at radius 3 is 2.42 bits per heavy atom. The molecule has 1 rings (SSSR count). The highest BCUT2D eigenvalue weighted by Gasteiger charge is 2.16. The van der Waals surface area contributed by atoms with Gasteiger partial charge in [-0.1, -0.05) is 19.1 Å². The van der Waals surface area contributed by atoms with Crippen LogP contribution in [0.3, 0.4) is 0 Å². The van der Waals surface area contributed by atoms with Gasteiger partial charge in [0.2, 0.25) is 0 Å². The molecule has 104 valence electrons. The average molecular weight is 266 g/mol. The molecule has 1 aromatic rings. The number of carboxylic acid groups (broad SMARTS) is 1. The zero-order valence-electron chi connectivity index (χ0n) is 11.1. The van der Waals surface area contributed by atoms with Crippen LogP contribution in [0.2, 0.25) is 0 Å². The minimum Gasteiger partial charge on any atom is -0.480 e. The third-order valence-corrected chi connectivity index (χ3v) is 3.09. The molecule has 1 aromatic carbocycles. The van der Waals surface area contributed by atoms with E-state index in [1.807, 2.05) is 18.7 Å². The second-order valence-electron chi connectivity index (χ2n) is 4.48. The summed E-state index contributed by atoms with van der Waals surface area (Å²) in [5.74, 6) is -0.873. The molecule has 0 saturated heterocycles. The minimum absolute atomic E-state index is 0.0357. The first-order valence-electron chi connectivity index (χ1n) is 6.13. The summed E-state index contributed by atoms with van der Waals surface area (Å²) in [7, 11) is 0. The fourth-order valence-electron chi connectivity index (χ4n) is 1.76. The number of hydrogen-bond donors (Lipinski definition) is 1. The molecule has 0 amide bonds. The molecule has 0 aliphatic heterocycles. The first-order chi connectivity index (χ1) is 8.93. The number of carbonyl (C=O) groups is 1. The van der Waals surface area contributed by atoms with E-state index in [0.717, 1.165) is 12.0 Å². The summed E-state index contributed by atoms with van der Waals surface area (Å²) < 4.78 is 0. The van der Waals surface area contributed by atoms with Crippen molar-refractivity contribution in [2.24, 2.45) is 0 Å². The molecule has 0 aliphatic carbocycles. The third-order valence-electron chi connectivity index (χ3n) is 3.09. The van der Waals surface area contributed by atoms with Crippen LogP contribution in [0.15, 0.2) is 24.3 Å². The van der Waals surface area contributed by atoms with E-state index in [4.69, 9.17) is 5.11 Å². The number of nitro groups is 1. The summed E-state index contributed by atoms with van der Waals surface area (Å²) >= 11 is 0. The van der Waals surface area contributed by atoms with Gasteiger partial charge >= 0.3 is 5.97 Å². The molecule has 6 heteroatoms. The lowest BCUT2D eigenvalue weighted by atomic mass is 10.1. The summed E-state index contributed by atoms with van der Waals surface area (Å²) in [6.07, 6.45) is 0.847. The van der Waals surface area contributed by atoms with Gasteiger partial charge in [-0.25, -0.2) is 0 Å². The molecule has 19 heavy (non-hydrogen) atoms. The van der Waals surface area contributed by atoms with Gasteiger partial charge in [-0.05, 0) is 18.9 Å². The van der Waals surface area contributed by atoms with Crippen LogP contribution in [-0.2, 0) is 11.3 Å². The predicted octanol–water partition coefficient (Wildman–Crippen LogP) is 2.28. The molecule has 1 N–H and O–H groups in total. The molecule has 1 unspecified atom stereocenters. The zero-order valence-corrected chi connectivity index (χ0v) is 11.1. The number of non-ortho nitro benzene ring substituents is 1. The molecule has 0 aliphatic rings. The highest BCUT2D eigenvalue weighted by molar-refractivity contribution is 5.69. The van der Waals surface area contributed by atoms with Gasteiger partial charge in [0.25, 0.3) is 5.69 Å². The van der Waals surface area contributed by atoms with Crippen LogP contribution in [0.1, 0.15) is 25.8 Å². The van der Waals surface area contributed by atoms with Crippen LogP contribution in [0.4, 0.5) is 5.69 Å². The van der Waals surface area contributed by atoms with Gasteiger partial charge in [-0.15, -0.1) is 0 Å². The van der Waals surface area contributed by atoms with Gasteiger partial charge in [0.15, 0.2) is 0 Å². The molecule has 0 heterocycles. The van der Waals surface area contributed by atoms with E-state index in [9.17, 15) is 14.9 Å². The smallest absolute Gasteiger partial charge is 0.317 e. The van der Waals surface area contributed by atoms with Gasteiger partial charge in [-0.3, -0.25) is 19.8 Å². The maximum Gasteiger partial charge on any atom is 0.317 e. The van der Waals surface area contributed by atoms with E-state index in [1.54, 1.807) is 12.1 Å². The normalized spacial score (nSPS) is 12.4. The fraction of sp³-hybridized carbons (Fsp3) is 0.462. The van der Waals surface area contributed by atoms with Gasteiger partial charge < -0.3 is 5.11 Å². The Hall–Kier alpha value is -1.95. The maximum atomic E-state index is 10.8. The van der Waals surface area contributed by atoms with Crippen LogP contribution in [-0.4, -0.2) is 33.5 Å². The Balaban J connectivity index is 2.78. The lowest BCUT2D eigenvalue weighted by molar-refractivity contribution is -0.384. The Morgan fingerprint density at radius 2 is 2.00 bits per heavy atom. The highest BCUT2D eigenvalue weighted by Crippen LogP contribution is 2.15.